The molecule has 0 aliphatic rings. The van der Waals surface area contributed by atoms with Gasteiger partial charge in [-0.25, -0.2) is 10.5 Å². The third-order valence-corrected chi connectivity index (χ3v) is 5.19. The standard InChI is InChI=1S/C20H19BrN6O2S/c1-2-4-13-5-3-6-14(18(13)29)11-22-25-19-24-20(27-26-19)30-12-17(28)23-16-9-7-15(21)8-10-16/h2-3,5-11,29H,1,4,12H2,(H,23,28)(H2,24,25,26,27)/b22-11+. The number of para-hydroxylation sites is 1. The van der Waals surface area contributed by atoms with Gasteiger partial charge >= 0.3 is 0 Å². The van der Waals surface area contributed by atoms with E-state index in [0.29, 0.717) is 23.1 Å². The zero-order valence-corrected chi connectivity index (χ0v) is 18.2. The number of aromatic amines is 1. The number of phenolic OH excluding ortho intramolecular Hbond substituents is 1. The summed E-state index contributed by atoms with van der Waals surface area (Å²) in [6.45, 7) is 3.68. The first kappa shape index (κ1) is 21.6. The van der Waals surface area contributed by atoms with Crippen LogP contribution < -0.4 is 10.7 Å². The van der Waals surface area contributed by atoms with Crippen LogP contribution in [0.1, 0.15) is 11.1 Å². The average Bonchev–Trinajstić information content (AvgIpc) is 3.19. The number of hydrogen-bond donors (Lipinski definition) is 4. The highest BCUT2D eigenvalue weighted by Gasteiger charge is 2.08. The van der Waals surface area contributed by atoms with Gasteiger partial charge in [0.25, 0.3) is 0 Å². The molecule has 30 heavy (non-hydrogen) atoms. The van der Waals surface area contributed by atoms with Gasteiger partial charge < -0.3 is 10.4 Å². The van der Waals surface area contributed by atoms with Crippen LogP contribution in [0.25, 0.3) is 0 Å². The molecule has 0 bridgehead atoms. The molecular weight excluding hydrogens is 468 g/mol. The highest BCUT2D eigenvalue weighted by atomic mass is 79.9. The number of aromatic nitrogens is 3. The molecule has 3 rings (SSSR count). The van der Waals surface area contributed by atoms with E-state index in [2.05, 4.69) is 53.5 Å². The summed E-state index contributed by atoms with van der Waals surface area (Å²) >= 11 is 4.55. The minimum absolute atomic E-state index is 0.158. The van der Waals surface area contributed by atoms with Gasteiger partial charge in [-0.15, -0.1) is 11.7 Å². The lowest BCUT2D eigenvalue weighted by atomic mass is 10.1. The predicted molar refractivity (Wildman–Crippen MR) is 123 cm³/mol. The van der Waals surface area contributed by atoms with E-state index in [1.165, 1.54) is 18.0 Å². The SMILES string of the molecule is C=CCc1cccc(/C=N/Nc2nc(SCC(=O)Nc3ccc(Br)cc3)n[nH]2)c1O. The van der Waals surface area contributed by atoms with Crippen molar-refractivity contribution in [2.24, 2.45) is 5.10 Å². The third-order valence-electron chi connectivity index (χ3n) is 3.81. The highest BCUT2D eigenvalue weighted by Crippen LogP contribution is 2.22. The first-order chi connectivity index (χ1) is 14.5. The summed E-state index contributed by atoms with van der Waals surface area (Å²) in [5.74, 6) is 0.493. The van der Waals surface area contributed by atoms with Crippen molar-refractivity contribution in [3.05, 3.63) is 70.7 Å². The van der Waals surface area contributed by atoms with Crippen molar-refractivity contribution < 1.29 is 9.90 Å². The molecule has 8 nitrogen and oxygen atoms in total. The summed E-state index contributed by atoms with van der Waals surface area (Å²) in [4.78, 5) is 16.2. The van der Waals surface area contributed by atoms with E-state index in [-0.39, 0.29) is 17.4 Å². The van der Waals surface area contributed by atoms with Gasteiger partial charge in [0.2, 0.25) is 17.0 Å². The van der Waals surface area contributed by atoms with Crippen molar-refractivity contribution in [1.29, 1.82) is 0 Å². The number of aromatic hydroxyl groups is 1. The normalized spacial score (nSPS) is 10.8. The predicted octanol–water partition coefficient (Wildman–Crippen LogP) is 4.18. The molecule has 1 amide bonds. The lowest BCUT2D eigenvalue weighted by Gasteiger charge is -2.04. The number of carbonyl (C=O) groups excluding carboxylic acids is 1. The van der Waals surface area contributed by atoms with Gasteiger partial charge in [0.1, 0.15) is 5.75 Å². The molecule has 0 unspecified atom stereocenters. The number of nitrogens with one attached hydrogen (secondary N) is 3. The van der Waals surface area contributed by atoms with Gasteiger partial charge in [-0.05, 0) is 42.3 Å². The second-order valence-corrected chi connectivity index (χ2v) is 7.89. The number of benzene rings is 2. The van der Waals surface area contributed by atoms with Gasteiger partial charge in [0.15, 0.2) is 0 Å². The van der Waals surface area contributed by atoms with Crippen molar-refractivity contribution >= 4 is 51.4 Å². The quantitative estimate of drug-likeness (QED) is 0.156. The Morgan fingerprint density at radius 3 is 2.87 bits per heavy atom. The summed E-state index contributed by atoms with van der Waals surface area (Å²) in [5.41, 5.74) is 4.78. The fourth-order valence-corrected chi connectivity index (χ4v) is 3.28. The molecule has 3 aromatic rings. The maximum Gasteiger partial charge on any atom is 0.240 e. The van der Waals surface area contributed by atoms with Crippen LogP contribution in [-0.2, 0) is 11.2 Å². The molecule has 0 saturated carbocycles. The summed E-state index contributed by atoms with van der Waals surface area (Å²) in [5, 5.41) is 24.2. The fraction of sp³-hybridized carbons (Fsp3) is 0.100. The topological polar surface area (TPSA) is 115 Å². The number of thioether (sulfide) groups is 1. The molecule has 0 radical (unpaired) electrons. The summed E-state index contributed by atoms with van der Waals surface area (Å²) < 4.78 is 0.943. The van der Waals surface area contributed by atoms with E-state index in [4.69, 9.17) is 0 Å². The Labute approximate surface area is 186 Å². The molecule has 2 aromatic carbocycles. The van der Waals surface area contributed by atoms with Gasteiger partial charge in [-0.2, -0.15) is 10.1 Å². The average molecular weight is 487 g/mol. The van der Waals surface area contributed by atoms with Gasteiger partial charge in [0, 0.05) is 15.7 Å². The molecule has 10 heteroatoms. The lowest BCUT2D eigenvalue weighted by Crippen LogP contribution is -2.13. The minimum atomic E-state index is -0.158. The smallest absolute Gasteiger partial charge is 0.240 e. The molecular formula is C20H19BrN6O2S. The Bertz CT molecular complexity index is 1050. The third kappa shape index (κ3) is 6.19. The zero-order chi connectivity index (χ0) is 21.3. The van der Waals surface area contributed by atoms with E-state index in [9.17, 15) is 9.90 Å². The monoisotopic (exact) mass is 486 g/mol. The largest absolute Gasteiger partial charge is 0.507 e. The number of allylic oxidation sites excluding steroid dienone is 1. The number of carbonyl (C=O) groups is 1. The number of nitrogens with zero attached hydrogens (tertiary/aromatic N) is 3. The van der Waals surface area contributed by atoms with Crippen LogP contribution >= 0.6 is 27.7 Å². The first-order valence-electron chi connectivity index (χ1n) is 8.86. The van der Waals surface area contributed by atoms with Crippen molar-refractivity contribution in [3.63, 3.8) is 0 Å². The zero-order valence-electron chi connectivity index (χ0n) is 15.8. The second-order valence-electron chi connectivity index (χ2n) is 6.03. The fourth-order valence-electron chi connectivity index (χ4n) is 2.42. The Balaban J connectivity index is 1.50. The number of halogens is 1. The van der Waals surface area contributed by atoms with E-state index in [0.717, 1.165) is 15.7 Å². The molecule has 0 atom stereocenters. The van der Waals surface area contributed by atoms with Crippen LogP contribution in [0.15, 0.2) is 69.9 Å². The Hall–Kier alpha value is -3.11. The van der Waals surface area contributed by atoms with E-state index < -0.39 is 0 Å². The molecule has 0 spiro atoms. The molecule has 0 aliphatic heterocycles. The Morgan fingerprint density at radius 2 is 2.10 bits per heavy atom. The molecule has 4 N–H and O–H groups in total. The molecule has 1 heterocycles. The summed E-state index contributed by atoms with van der Waals surface area (Å²) in [6.07, 6.45) is 3.78. The van der Waals surface area contributed by atoms with Gasteiger partial charge in [-0.3, -0.25) is 4.79 Å². The molecule has 0 aliphatic carbocycles. The Morgan fingerprint density at radius 1 is 1.30 bits per heavy atom. The van der Waals surface area contributed by atoms with Crippen LogP contribution in [0.4, 0.5) is 11.6 Å². The van der Waals surface area contributed by atoms with Crippen LogP contribution in [0, 0.1) is 0 Å². The molecule has 0 saturated heterocycles. The number of phenols is 1. The Kier molecular flexibility index (Phi) is 7.63. The highest BCUT2D eigenvalue weighted by molar-refractivity contribution is 9.10. The number of anilines is 2. The molecule has 1 aromatic heterocycles. The molecule has 154 valence electrons. The second kappa shape index (κ2) is 10.6. The van der Waals surface area contributed by atoms with Gasteiger partial charge in [-0.1, -0.05) is 45.9 Å². The van der Waals surface area contributed by atoms with E-state index in [1.54, 1.807) is 12.1 Å². The van der Waals surface area contributed by atoms with Crippen LogP contribution in [0.5, 0.6) is 5.75 Å². The van der Waals surface area contributed by atoms with Crippen molar-refractivity contribution in [3.8, 4) is 5.75 Å². The number of hydrogen-bond acceptors (Lipinski definition) is 7. The summed E-state index contributed by atoms with van der Waals surface area (Å²) in [6, 6.07) is 12.7. The number of rotatable bonds is 9. The van der Waals surface area contributed by atoms with Crippen LogP contribution in [0.2, 0.25) is 0 Å². The van der Waals surface area contributed by atoms with E-state index in [1.807, 2.05) is 36.4 Å². The van der Waals surface area contributed by atoms with E-state index >= 15 is 0 Å². The lowest BCUT2D eigenvalue weighted by molar-refractivity contribution is -0.113. The van der Waals surface area contributed by atoms with Crippen molar-refractivity contribution in [2.45, 2.75) is 11.6 Å². The molecule has 0 fully saturated rings. The van der Waals surface area contributed by atoms with Crippen LogP contribution in [0.3, 0.4) is 0 Å². The number of H-pyrrole nitrogens is 1. The maximum atomic E-state index is 12.0. The van der Waals surface area contributed by atoms with Crippen LogP contribution in [-0.4, -0.2) is 38.2 Å². The minimum Gasteiger partial charge on any atom is -0.507 e. The summed E-state index contributed by atoms with van der Waals surface area (Å²) in [7, 11) is 0. The number of hydrazone groups is 1. The maximum absolute atomic E-state index is 12.0. The first-order valence-corrected chi connectivity index (χ1v) is 10.6. The van der Waals surface area contributed by atoms with Crippen molar-refractivity contribution in [2.75, 3.05) is 16.5 Å². The number of amides is 1. The van der Waals surface area contributed by atoms with Gasteiger partial charge in [0.05, 0.1) is 12.0 Å². The van der Waals surface area contributed by atoms with Crippen molar-refractivity contribution in [1.82, 2.24) is 15.2 Å².